The van der Waals surface area contributed by atoms with Gasteiger partial charge in [-0.2, -0.15) is 32.7 Å². The maximum absolute atomic E-state index is 12.8. The van der Waals surface area contributed by atoms with Crippen molar-refractivity contribution in [2.24, 2.45) is 0 Å². The molecule has 3 aromatic carbocycles. The van der Waals surface area contributed by atoms with Crippen LogP contribution in [0.2, 0.25) is 0 Å². The third kappa shape index (κ3) is 7.38. The fraction of sp³-hybridized carbons (Fsp3) is 0.217. The van der Waals surface area contributed by atoms with Gasteiger partial charge in [-0.25, -0.2) is 0 Å². The second-order valence-corrected chi connectivity index (χ2v) is 9.11. The van der Waals surface area contributed by atoms with Crippen LogP contribution in [0.4, 0.5) is 0 Å². The van der Waals surface area contributed by atoms with Gasteiger partial charge in [0.15, 0.2) is 0 Å². The summed E-state index contributed by atoms with van der Waals surface area (Å²) in [6, 6.07) is 25.0. The van der Waals surface area contributed by atoms with Crippen LogP contribution in [0, 0.1) is 13.0 Å². The smallest absolute Gasteiger partial charge is 0.374 e. The number of halogens is 1. The van der Waals surface area contributed by atoms with Crippen LogP contribution in [-0.2, 0) is 32.1 Å². The molecular weight excluding hydrogens is 459 g/mol. The van der Waals surface area contributed by atoms with Gasteiger partial charge in [-0.1, -0.05) is 52.5 Å². The van der Waals surface area contributed by atoms with Crippen LogP contribution in [0.1, 0.15) is 16.7 Å². The van der Waals surface area contributed by atoms with Crippen LogP contribution in [0.25, 0.3) is 0 Å². The van der Waals surface area contributed by atoms with Crippen LogP contribution in [0.15, 0.2) is 82.2 Å². The molecule has 0 radical (unpaired) electrons. The summed E-state index contributed by atoms with van der Waals surface area (Å²) < 4.78 is 37.7. The molecule has 0 aliphatic carbocycles. The van der Waals surface area contributed by atoms with Crippen LogP contribution >= 0.6 is 15.9 Å². The van der Waals surface area contributed by atoms with Crippen LogP contribution in [0.3, 0.4) is 0 Å². The van der Waals surface area contributed by atoms with Gasteiger partial charge in [0.2, 0.25) is 0 Å². The van der Waals surface area contributed by atoms with E-state index < -0.39 is 16.2 Å². The van der Waals surface area contributed by atoms with Crippen LogP contribution in [-0.4, -0.2) is 21.1 Å². The summed E-state index contributed by atoms with van der Waals surface area (Å²) in [5.74, 6) is 0. The molecule has 0 saturated heterocycles. The van der Waals surface area contributed by atoms with E-state index in [4.69, 9.17) is 8.92 Å². The fourth-order valence-electron chi connectivity index (χ4n) is 2.78. The monoisotopic (exact) mass is 480 g/mol. The van der Waals surface area contributed by atoms with E-state index in [2.05, 4.69) is 22.0 Å². The molecule has 0 N–H and O–H groups in total. The Morgan fingerprint density at radius 1 is 1.00 bits per heavy atom. The largest absolute Gasteiger partial charge is 1.00 e. The molecule has 0 fully saturated rings. The van der Waals surface area contributed by atoms with Crippen LogP contribution in [0.5, 0.6) is 0 Å². The quantitative estimate of drug-likeness (QED) is 0.267. The van der Waals surface area contributed by atoms with E-state index in [0.29, 0.717) is 13.0 Å². The van der Waals surface area contributed by atoms with Crippen LogP contribution < -0.4 is 18.9 Å². The fourth-order valence-corrected chi connectivity index (χ4v) is 4.27. The van der Waals surface area contributed by atoms with Crippen molar-refractivity contribution >= 4 is 26.0 Å². The van der Waals surface area contributed by atoms with Gasteiger partial charge in [-0.05, 0) is 31.0 Å². The molecule has 0 aliphatic heterocycles. The number of aryl methyl sites for hydroxylation is 1. The average Bonchev–Trinajstić information content (AvgIpc) is 2.70. The molecule has 0 heterocycles. The van der Waals surface area contributed by atoms with Gasteiger partial charge in [0.1, 0.15) is 6.10 Å². The molecule has 0 aromatic heterocycles. The number of rotatable bonds is 9. The molecule has 1 atom stereocenters. The van der Waals surface area contributed by atoms with Gasteiger partial charge in [0, 0.05) is 0 Å². The molecule has 1 unspecified atom stereocenters. The van der Waals surface area contributed by atoms with Gasteiger partial charge in [-0.15, -0.1) is 21.5 Å². The number of ether oxygens (including phenoxy) is 1. The second kappa shape index (κ2) is 11.9. The predicted octanol–water partition coefficient (Wildman–Crippen LogP) is 2.10. The summed E-state index contributed by atoms with van der Waals surface area (Å²) in [6.07, 6.45) is -0.332. The van der Waals surface area contributed by atoms with Gasteiger partial charge in [-0.3, -0.25) is 4.18 Å². The number of benzene rings is 3. The van der Waals surface area contributed by atoms with Crippen molar-refractivity contribution in [3.63, 3.8) is 0 Å². The number of hydrogen-bond donors (Lipinski definition) is 0. The summed E-state index contributed by atoms with van der Waals surface area (Å²) in [5, 5.41) is 0. The normalized spacial score (nSPS) is 12.2. The molecule has 0 spiro atoms. The van der Waals surface area contributed by atoms with E-state index in [1.165, 1.54) is 0 Å². The Kier molecular flexibility index (Phi) is 9.83. The Bertz CT molecular complexity index is 1020. The van der Waals surface area contributed by atoms with Crippen molar-refractivity contribution < 1.29 is 36.2 Å². The predicted molar refractivity (Wildman–Crippen MR) is 116 cm³/mol. The summed E-state index contributed by atoms with van der Waals surface area (Å²) in [6.45, 7) is 2.42. The molecule has 3 rings (SSSR count). The number of hydrogen-bond acceptors (Lipinski definition) is 4. The first kappa shape index (κ1) is 24.9. The average molecular weight is 481 g/mol. The molecular formula is C23H22BrLiO4S. The zero-order valence-corrected chi connectivity index (χ0v) is 19.4. The maximum atomic E-state index is 12.8. The maximum Gasteiger partial charge on any atom is 1.00 e. The van der Waals surface area contributed by atoms with Gasteiger partial charge in [0.25, 0.3) is 10.1 Å². The minimum Gasteiger partial charge on any atom is -0.374 e. The van der Waals surface area contributed by atoms with Crippen molar-refractivity contribution in [3.8, 4) is 0 Å². The van der Waals surface area contributed by atoms with E-state index in [0.717, 1.165) is 21.2 Å². The first-order valence-corrected chi connectivity index (χ1v) is 11.4. The molecule has 3 aromatic rings. The SMILES string of the molecule is Cc1ccc(S(=O)(=O)OC(COCc2ccccc2)Cc2[c-]cccc2Br)cc1.[Li+]. The molecule has 4 nitrogen and oxygen atoms in total. The van der Waals surface area contributed by atoms with E-state index in [-0.39, 0.29) is 30.4 Å². The van der Waals surface area contributed by atoms with Crippen molar-refractivity contribution in [3.05, 3.63) is 100 Å². The first-order valence-electron chi connectivity index (χ1n) is 9.21. The summed E-state index contributed by atoms with van der Waals surface area (Å²) >= 11 is 3.49. The third-order valence-electron chi connectivity index (χ3n) is 4.30. The van der Waals surface area contributed by atoms with Crippen molar-refractivity contribution in [2.45, 2.75) is 31.0 Å². The van der Waals surface area contributed by atoms with Gasteiger partial charge >= 0.3 is 18.9 Å². The van der Waals surface area contributed by atoms with Gasteiger partial charge < -0.3 is 4.74 Å². The van der Waals surface area contributed by atoms with Crippen molar-refractivity contribution in [1.29, 1.82) is 0 Å². The molecule has 0 saturated carbocycles. The first-order chi connectivity index (χ1) is 13.9. The Morgan fingerprint density at radius 2 is 1.70 bits per heavy atom. The Hall–Kier alpha value is -1.39. The molecule has 0 aliphatic rings. The second-order valence-electron chi connectivity index (χ2n) is 6.69. The summed E-state index contributed by atoms with van der Waals surface area (Å²) in [5.41, 5.74) is 2.83. The van der Waals surface area contributed by atoms with Gasteiger partial charge in [0.05, 0.1) is 18.1 Å². The molecule has 0 bridgehead atoms. The standard InChI is InChI=1S/C23H22BrO4S.Li/c1-18-11-13-22(14-12-18)29(25,26)28-21(15-20-9-5-6-10-23(20)24)17-27-16-19-7-3-2-4-8-19;/h2-8,10-14,21H,15-17H2,1H3;/q-1;+1. The third-order valence-corrected chi connectivity index (χ3v) is 6.42. The van der Waals surface area contributed by atoms with E-state index in [1.807, 2.05) is 49.4 Å². The Balaban J connectivity index is 0.00000320. The Labute approximate surface area is 199 Å². The minimum atomic E-state index is -3.91. The molecule has 0 amide bonds. The summed E-state index contributed by atoms with van der Waals surface area (Å²) in [7, 11) is -3.91. The zero-order valence-electron chi connectivity index (χ0n) is 17.0. The summed E-state index contributed by atoms with van der Waals surface area (Å²) in [4.78, 5) is 0.132. The molecule has 30 heavy (non-hydrogen) atoms. The van der Waals surface area contributed by atoms with Crippen molar-refractivity contribution in [2.75, 3.05) is 6.61 Å². The van der Waals surface area contributed by atoms with E-state index in [9.17, 15) is 8.42 Å². The molecule has 7 heteroatoms. The van der Waals surface area contributed by atoms with E-state index >= 15 is 0 Å². The zero-order chi connectivity index (χ0) is 20.7. The molecule has 152 valence electrons. The topological polar surface area (TPSA) is 52.6 Å². The van der Waals surface area contributed by atoms with Crippen molar-refractivity contribution in [1.82, 2.24) is 0 Å². The minimum absolute atomic E-state index is 0. The Morgan fingerprint density at radius 3 is 2.37 bits per heavy atom. The van der Waals surface area contributed by atoms with E-state index in [1.54, 1.807) is 30.3 Å².